The molecular formula is C11H19NO. The summed E-state index contributed by atoms with van der Waals surface area (Å²) in [4.78, 5) is 0. The van der Waals surface area contributed by atoms with Gasteiger partial charge in [0.25, 0.3) is 0 Å². The van der Waals surface area contributed by atoms with Gasteiger partial charge in [0.05, 0.1) is 12.5 Å². The Morgan fingerprint density at radius 2 is 2.23 bits per heavy atom. The molecular weight excluding hydrogens is 162 g/mol. The molecule has 13 heavy (non-hydrogen) atoms. The van der Waals surface area contributed by atoms with Gasteiger partial charge < -0.3 is 9.73 Å². The maximum atomic E-state index is 4.98. The highest BCUT2D eigenvalue weighted by Crippen LogP contribution is 2.17. The van der Waals surface area contributed by atoms with E-state index in [0.29, 0.717) is 5.41 Å². The van der Waals surface area contributed by atoms with Crippen LogP contribution in [0, 0.1) is 5.41 Å². The minimum absolute atomic E-state index is 0.393. The third-order valence-electron chi connectivity index (χ3n) is 2.47. The van der Waals surface area contributed by atoms with E-state index in [1.165, 1.54) is 12.0 Å². The third kappa shape index (κ3) is 3.64. The largest absolute Gasteiger partial charge is 0.472 e. The quantitative estimate of drug-likeness (QED) is 0.755. The first-order valence-electron chi connectivity index (χ1n) is 4.86. The first-order chi connectivity index (χ1) is 6.14. The first-order valence-corrected chi connectivity index (χ1v) is 4.86. The second kappa shape index (κ2) is 4.47. The Labute approximate surface area is 80.3 Å². The number of hydrogen-bond acceptors (Lipinski definition) is 2. The van der Waals surface area contributed by atoms with Crippen LogP contribution < -0.4 is 5.32 Å². The van der Waals surface area contributed by atoms with Crippen LogP contribution in [-0.4, -0.2) is 6.54 Å². The van der Waals surface area contributed by atoms with E-state index in [1.807, 2.05) is 6.07 Å². The van der Waals surface area contributed by atoms with Crippen LogP contribution in [0.5, 0.6) is 0 Å². The number of nitrogens with one attached hydrogen (secondary N) is 1. The van der Waals surface area contributed by atoms with Gasteiger partial charge in [0.1, 0.15) is 0 Å². The second-order valence-electron chi connectivity index (χ2n) is 4.25. The normalized spacial score (nSPS) is 11.9. The van der Waals surface area contributed by atoms with E-state index in [1.54, 1.807) is 12.5 Å². The van der Waals surface area contributed by atoms with Crippen LogP contribution in [0.25, 0.3) is 0 Å². The zero-order valence-electron chi connectivity index (χ0n) is 8.76. The Hall–Kier alpha value is -0.760. The predicted octanol–water partition coefficient (Wildman–Crippen LogP) is 2.81. The lowest BCUT2D eigenvalue weighted by atomic mass is 9.90. The number of rotatable bonds is 5. The highest BCUT2D eigenvalue weighted by atomic mass is 16.3. The van der Waals surface area contributed by atoms with Crippen molar-refractivity contribution in [2.75, 3.05) is 6.54 Å². The summed E-state index contributed by atoms with van der Waals surface area (Å²) >= 11 is 0. The monoisotopic (exact) mass is 181 g/mol. The van der Waals surface area contributed by atoms with Gasteiger partial charge in [-0.2, -0.15) is 0 Å². The molecule has 0 fully saturated rings. The van der Waals surface area contributed by atoms with Crippen LogP contribution in [0.4, 0.5) is 0 Å². The molecule has 1 N–H and O–H groups in total. The van der Waals surface area contributed by atoms with Crippen molar-refractivity contribution in [3.63, 3.8) is 0 Å². The lowest BCUT2D eigenvalue weighted by Crippen LogP contribution is -2.28. The lowest BCUT2D eigenvalue weighted by molar-refractivity contribution is 0.327. The van der Waals surface area contributed by atoms with E-state index in [9.17, 15) is 0 Å². The topological polar surface area (TPSA) is 25.2 Å². The van der Waals surface area contributed by atoms with E-state index >= 15 is 0 Å². The summed E-state index contributed by atoms with van der Waals surface area (Å²) in [6.07, 6.45) is 4.69. The molecule has 1 aromatic rings. The fraction of sp³-hybridized carbons (Fsp3) is 0.636. The van der Waals surface area contributed by atoms with Crippen molar-refractivity contribution in [3.8, 4) is 0 Å². The van der Waals surface area contributed by atoms with Crippen molar-refractivity contribution >= 4 is 0 Å². The SMILES string of the molecule is CCC(C)(C)CNCc1ccoc1. The molecule has 0 aliphatic heterocycles. The van der Waals surface area contributed by atoms with E-state index in [-0.39, 0.29) is 0 Å². The van der Waals surface area contributed by atoms with Gasteiger partial charge in [-0.1, -0.05) is 20.8 Å². The molecule has 1 aromatic heterocycles. The Morgan fingerprint density at radius 1 is 1.46 bits per heavy atom. The van der Waals surface area contributed by atoms with Crippen molar-refractivity contribution in [1.82, 2.24) is 5.32 Å². The molecule has 0 atom stereocenters. The van der Waals surface area contributed by atoms with Crippen LogP contribution in [0.15, 0.2) is 23.0 Å². The number of hydrogen-bond donors (Lipinski definition) is 1. The smallest absolute Gasteiger partial charge is 0.0947 e. The van der Waals surface area contributed by atoms with Crippen molar-refractivity contribution in [1.29, 1.82) is 0 Å². The van der Waals surface area contributed by atoms with Crippen molar-refractivity contribution in [2.24, 2.45) is 5.41 Å². The van der Waals surface area contributed by atoms with Crippen LogP contribution in [-0.2, 0) is 6.54 Å². The van der Waals surface area contributed by atoms with Crippen LogP contribution >= 0.6 is 0 Å². The summed E-state index contributed by atoms with van der Waals surface area (Å²) in [7, 11) is 0. The average molecular weight is 181 g/mol. The summed E-state index contributed by atoms with van der Waals surface area (Å²) in [5.74, 6) is 0. The van der Waals surface area contributed by atoms with Crippen LogP contribution in [0.1, 0.15) is 32.8 Å². The molecule has 0 aromatic carbocycles. The van der Waals surface area contributed by atoms with Gasteiger partial charge in [0.2, 0.25) is 0 Å². The summed E-state index contributed by atoms with van der Waals surface area (Å²) in [6.45, 7) is 8.72. The Bertz CT molecular complexity index is 226. The van der Waals surface area contributed by atoms with Gasteiger partial charge in [-0.15, -0.1) is 0 Å². The van der Waals surface area contributed by atoms with Gasteiger partial charge in [0, 0.05) is 18.7 Å². The molecule has 2 heteroatoms. The highest BCUT2D eigenvalue weighted by molar-refractivity contribution is 5.04. The molecule has 1 rings (SSSR count). The zero-order valence-corrected chi connectivity index (χ0v) is 8.76. The van der Waals surface area contributed by atoms with Crippen LogP contribution in [0.2, 0.25) is 0 Å². The molecule has 0 saturated carbocycles. The van der Waals surface area contributed by atoms with Gasteiger partial charge >= 0.3 is 0 Å². The molecule has 1 heterocycles. The molecule has 0 bridgehead atoms. The van der Waals surface area contributed by atoms with Crippen molar-refractivity contribution in [3.05, 3.63) is 24.2 Å². The summed E-state index contributed by atoms with van der Waals surface area (Å²) < 4.78 is 4.98. The van der Waals surface area contributed by atoms with Crippen molar-refractivity contribution < 1.29 is 4.42 Å². The second-order valence-corrected chi connectivity index (χ2v) is 4.25. The lowest BCUT2D eigenvalue weighted by Gasteiger charge is -2.22. The van der Waals surface area contributed by atoms with Gasteiger partial charge in [-0.3, -0.25) is 0 Å². The maximum Gasteiger partial charge on any atom is 0.0947 e. The minimum atomic E-state index is 0.393. The zero-order chi connectivity index (χ0) is 9.73. The fourth-order valence-corrected chi connectivity index (χ4v) is 1.06. The van der Waals surface area contributed by atoms with Gasteiger partial charge in [-0.05, 0) is 17.9 Å². The fourth-order valence-electron chi connectivity index (χ4n) is 1.06. The molecule has 0 unspecified atom stereocenters. The van der Waals surface area contributed by atoms with Crippen LogP contribution in [0.3, 0.4) is 0 Å². The molecule has 74 valence electrons. The molecule has 2 nitrogen and oxygen atoms in total. The Morgan fingerprint density at radius 3 is 2.77 bits per heavy atom. The van der Waals surface area contributed by atoms with Gasteiger partial charge in [0.15, 0.2) is 0 Å². The van der Waals surface area contributed by atoms with E-state index in [2.05, 4.69) is 26.1 Å². The molecule has 0 spiro atoms. The molecule has 0 saturated heterocycles. The third-order valence-corrected chi connectivity index (χ3v) is 2.47. The molecule has 0 radical (unpaired) electrons. The van der Waals surface area contributed by atoms with Gasteiger partial charge in [-0.25, -0.2) is 0 Å². The Balaban J connectivity index is 2.21. The average Bonchev–Trinajstić information content (AvgIpc) is 2.57. The molecule has 0 amide bonds. The predicted molar refractivity (Wildman–Crippen MR) is 54.5 cm³/mol. The number of furan rings is 1. The Kier molecular flexibility index (Phi) is 3.55. The van der Waals surface area contributed by atoms with E-state index in [0.717, 1.165) is 13.1 Å². The van der Waals surface area contributed by atoms with E-state index < -0.39 is 0 Å². The molecule has 0 aliphatic carbocycles. The first kappa shape index (κ1) is 10.3. The highest BCUT2D eigenvalue weighted by Gasteiger charge is 2.13. The minimum Gasteiger partial charge on any atom is -0.472 e. The standard InChI is InChI=1S/C11H19NO/c1-4-11(2,3)9-12-7-10-5-6-13-8-10/h5-6,8,12H,4,7,9H2,1-3H3. The van der Waals surface area contributed by atoms with Crippen molar-refractivity contribution in [2.45, 2.75) is 33.7 Å². The summed E-state index contributed by atoms with van der Waals surface area (Å²) in [5, 5.41) is 3.42. The summed E-state index contributed by atoms with van der Waals surface area (Å²) in [5.41, 5.74) is 1.61. The molecule has 0 aliphatic rings. The maximum absolute atomic E-state index is 4.98. The van der Waals surface area contributed by atoms with E-state index in [4.69, 9.17) is 4.42 Å². The summed E-state index contributed by atoms with van der Waals surface area (Å²) in [6, 6.07) is 1.99.